The monoisotopic (exact) mass is 377 g/mol. The number of amides is 2. The summed E-state index contributed by atoms with van der Waals surface area (Å²) in [6, 6.07) is 14.9. The minimum atomic E-state index is -0.559. The van der Waals surface area contributed by atoms with E-state index in [4.69, 9.17) is 5.73 Å². The van der Waals surface area contributed by atoms with Gasteiger partial charge in [-0.1, -0.05) is 26.0 Å². The van der Waals surface area contributed by atoms with E-state index < -0.39 is 6.03 Å². The third-order valence-electron chi connectivity index (χ3n) is 4.28. The summed E-state index contributed by atoms with van der Waals surface area (Å²) >= 11 is 1.47. The van der Waals surface area contributed by atoms with Crippen molar-refractivity contribution in [2.24, 2.45) is 5.73 Å². The molecule has 4 rings (SSSR count). The maximum Gasteiger partial charge on any atom is 0.325 e. The van der Waals surface area contributed by atoms with Crippen LogP contribution >= 0.6 is 11.3 Å². The van der Waals surface area contributed by atoms with Gasteiger partial charge in [0.05, 0.1) is 16.7 Å². The Morgan fingerprint density at radius 1 is 1.15 bits per heavy atom. The van der Waals surface area contributed by atoms with Crippen LogP contribution in [0.25, 0.3) is 22.4 Å². The van der Waals surface area contributed by atoms with Gasteiger partial charge in [0.2, 0.25) is 0 Å². The predicted molar refractivity (Wildman–Crippen MR) is 109 cm³/mol. The van der Waals surface area contributed by atoms with Gasteiger partial charge in [-0.05, 0) is 42.3 Å². The summed E-state index contributed by atoms with van der Waals surface area (Å²) in [7, 11) is 0. The number of carbonyl (C=O) groups is 1. The first kappa shape index (κ1) is 17.2. The molecule has 4 aromatic rings. The molecule has 3 N–H and O–H groups in total. The summed E-state index contributed by atoms with van der Waals surface area (Å²) in [5.41, 5.74) is 9.13. The summed E-state index contributed by atoms with van der Waals surface area (Å²) in [6.07, 6.45) is 1.80. The molecule has 0 atom stereocenters. The van der Waals surface area contributed by atoms with E-state index in [0.717, 1.165) is 27.3 Å². The second-order valence-electron chi connectivity index (χ2n) is 6.52. The van der Waals surface area contributed by atoms with Crippen LogP contribution in [0, 0.1) is 0 Å². The second kappa shape index (κ2) is 6.85. The van der Waals surface area contributed by atoms with Gasteiger partial charge >= 0.3 is 6.03 Å². The quantitative estimate of drug-likeness (QED) is 0.523. The van der Waals surface area contributed by atoms with Gasteiger partial charge in [-0.25, -0.2) is 19.7 Å². The maximum absolute atomic E-state index is 12.0. The number of imidazole rings is 1. The Morgan fingerprint density at radius 3 is 2.52 bits per heavy atom. The highest BCUT2D eigenvalue weighted by Crippen LogP contribution is 2.33. The zero-order valence-corrected chi connectivity index (χ0v) is 15.8. The number of primary amides is 1. The van der Waals surface area contributed by atoms with E-state index in [1.807, 2.05) is 48.5 Å². The molecule has 0 aliphatic carbocycles. The molecule has 0 radical (unpaired) electrons. The Hall–Kier alpha value is -3.19. The molecule has 6 nitrogen and oxygen atoms in total. The molecule has 136 valence electrons. The van der Waals surface area contributed by atoms with E-state index in [1.165, 1.54) is 16.2 Å². The number of anilines is 2. The third kappa shape index (κ3) is 3.29. The predicted octanol–water partition coefficient (Wildman–Crippen LogP) is 5.03. The highest BCUT2D eigenvalue weighted by molar-refractivity contribution is 7.15. The Balaban J connectivity index is 1.67. The van der Waals surface area contributed by atoms with Gasteiger partial charge in [-0.3, -0.25) is 0 Å². The number of para-hydroxylation sites is 2. The fourth-order valence-electron chi connectivity index (χ4n) is 2.84. The standard InChI is InChI=1S/C20H19N5OS/c1-12(2)17-11-22-20(27-17)25(19(21)26)14-9-7-13(8-10-14)18-23-15-5-3-4-6-16(15)24-18/h3-12H,1-2H3,(H2,21,26)(H,23,24). The molecule has 0 saturated carbocycles. The molecule has 0 unspecified atom stereocenters. The van der Waals surface area contributed by atoms with Crippen LogP contribution in [0.5, 0.6) is 0 Å². The van der Waals surface area contributed by atoms with Crippen molar-refractivity contribution in [1.82, 2.24) is 15.0 Å². The number of H-pyrrole nitrogens is 1. The molecule has 0 saturated heterocycles. The van der Waals surface area contributed by atoms with Crippen molar-refractivity contribution in [2.75, 3.05) is 4.90 Å². The Labute approximate surface area is 160 Å². The van der Waals surface area contributed by atoms with Crippen LogP contribution in [0.2, 0.25) is 0 Å². The van der Waals surface area contributed by atoms with Crippen molar-refractivity contribution < 1.29 is 4.79 Å². The number of nitrogens with two attached hydrogens (primary N) is 1. The van der Waals surface area contributed by atoms with Gasteiger partial charge in [-0.2, -0.15) is 0 Å². The van der Waals surface area contributed by atoms with E-state index in [1.54, 1.807) is 6.20 Å². The summed E-state index contributed by atoms with van der Waals surface area (Å²) < 4.78 is 0. The number of urea groups is 1. The number of hydrogen-bond acceptors (Lipinski definition) is 4. The van der Waals surface area contributed by atoms with E-state index in [9.17, 15) is 4.79 Å². The van der Waals surface area contributed by atoms with E-state index >= 15 is 0 Å². The molecule has 2 aromatic carbocycles. The largest absolute Gasteiger partial charge is 0.351 e. The second-order valence-corrected chi connectivity index (χ2v) is 7.56. The highest BCUT2D eigenvalue weighted by atomic mass is 32.1. The van der Waals surface area contributed by atoms with Gasteiger partial charge in [0.25, 0.3) is 0 Å². The molecule has 7 heteroatoms. The van der Waals surface area contributed by atoms with Crippen LogP contribution in [0.15, 0.2) is 54.7 Å². The molecule has 0 aliphatic heterocycles. The molecule has 0 spiro atoms. The molecule has 0 fully saturated rings. The normalized spacial score (nSPS) is 11.2. The van der Waals surface area contributed by atoms with Crippen molar-refractivity contribution in [2.45, 2.75) is 19.8 Å². The summed E-state index contributed by atoms with van der Waals surface area (Å²) in [6.45, 7) is 4.18. The first-order valence-corrected chi connectivity index (χ1v) is 9.45. The lowest BCUT2D eigenvalue weighted by molar-refractivity contribution is 0.256. The Bertz CT molecular complexity index is 1060. The molecule has 2 heterocycles. The molecule has 0 bridgehead atoms. The number of rotatable bonds is 4. The third-order valence-corrected chi connectivity index (χ3v) is 5.56. The van der Waals surface area contributed by atoms with Crippen molar-refractivity contribution in [3.63, 3.8) is 0 Å². The number of carbonyl (C=O) groups excluding carboxylic acids is 1. The van der Waals surface area contributed by atoms with Crippen LogP contribution < -0.4 is 10.6 Å². The fraction of sp³-hybridized carbons (Fsp3) is 0.150. The number of nitrogens with one attached hydrogen (secondary N) is 1. The molecular formula is C20H19N5OS. The van der Waals surface area contributed by atoms with Gasteiger partial charge < -0.3 is 10.7 Å². The van der Waals surface area contributed by atoms with E-state index in [2.05, 4.69) is 28.8 Å². The van der Waals surface area contributed by atoms with E-state index in [-0.39, 0.29) is 0 Å². The van der Waals surface area contributed by atoms with Crippen LogP contribution in [-0.4, -0.2) is 21.0 Å². The number of aromatic nitrogens is 3. The number of hydrogen-bond donors (Lipinski definition) is 2. The van der Waals surface area contributed by atoms with Crippen molar-refractivity contribution >= 4 is 39.2 Å². The Morgan fingerprint density at radius 2 is 1.89 bits per heavy atom. The average Bonchev–Trinajstić information content (AvgIpc) is 3.29. The Kier molecular flexibility index (Phi) is 4.37. The van der Waals surface area contributed by atoms with Crippen LogP contribution in [0.4, 0.5) is 15.6 Å². The maximum atomic E-state index is 12.0. The van der Waals surface area contributed by atoms with Gasteiger partial charge in [0.15, 0.2) is 5.13 Å². The average molecular weight is 377 g/mol. The van der Waals surface area contributed by atoms with E-state index in [0.29, 0.717) is 16.7 Å². The molecule has 2 aromatic heterocycles. The van der Waals surface area contributed by atoms with Crippen molar-refractivity contribution in [1.29, 1.82) is 0 Å². The number of thiazole rings is 1. The SMILES string of the molecule is CC(C)c1cnc(N(C(N)=O)c2ccc(-c3nc4ccccc4[nH]3)cc2)s1. The topological polar surface area (TPSA) is 87.9 Å². The van der Waals surface area contributed by atoms with Crippen molar-refractivity contribution in [3.05, 3.63) is 59.6 Å². The zero-order valence-electron chi connectivity index (χ0n) is 15.0. The number of fused-ring (bicyclic) bond motifs is 1. The number of benzene rings is 2. The first-order valence-electron chi connectivity index (χ1n) is 8.63. The van der Waals surface area contributed by atoms with Gasteiger partial charge in [0.1, 0.15) is 5.82 Å². The first-order chi connectivity index (χ1) is 13.0. The number of nitrogens with zero attached hydrogens (tertiary/aromatic N) is 3. The highest BCUT2D eigenvalue weighted by Gasteiger charge is 2.19. The minimum Gasteiger partial charge on any atom is -0.351 e. The smallest absolute Gasteiger partial charge is 0.325 e. The zero-order chi connectivity index (χ0) is 19.0. The molecular weight excluding hydrogens is 358 g/mol. The minimum absolute atomic E-state index is 0.349. The van der Waals surface area contributed by atoms with Gasteiger partial charge in [-0.15, -0.1) is 11.3 Å². The lowest BCUT2D eigenvalue weighted by Gasteiger charge is -2.17. The lowest BCUT2D eigenvalue weighted by atomic mass is 10.2. The van der Waals surface area contributed by atoms with Crippen molar-refractivity contribution in [3.8, 4) is 11.4 Å². The van der Waals surface area contributed by atoms with Gasteiger partial charge in [0, 0.05) is 16.6 Å². The van der Waals surface area contributed by atoms with Crippen LogP contribution in [0.3, 0.4) is 0 Å². The van der Waals surface area contributed by atoms with Crippen LogP contribution in [0.1, 0.15) is 24.6 Å². The summed E-state index contributed by atoms with van der Waals surface area (Å²) in [4.78, 5) is 26.9. The summed E-state index contributed by atoms with van der Waals surface area (Å²) in [5, 5.41) is 0.572. The summed E-state index contributed by atoms with van der Waals surface area (Å²) in [5.74, 6) is 1.13. The lowest BCUT2D eigenvalue weighted by Crippen LogP contribution is -2.31. The molecule has 0 aliphatic rings. The molecule has 27 heavy (non-hydrogen) atoms. The number of aromatic amines is 1. The van der Waals surface area contributed by atoms with Crippen LogP contribution in [-0.2, 0) is 0 Å². The fourth-order valence-corrected chi connectivity index (χ4v) is 3.78. The molecule has 2 amide bonds.